The van der Waals surface area contributed by atoms with Crippen molar-refractivity contribution >= 4 is 5.57 Å². The van der Waals surface area contributed by atoms with Gasteiger partial charge in [0, 0.05) is 6.04 Å². The highest BCUT2D eigenvalue weighted by molar-refractivity contribution is 5.80. The van der Waals surface area contributed by atoms with Crippen LogP contribution in [0.3, 0.4) is 0 Å². The SMILES string of the molecule is C=CCC1=C(c2ccccc2C)C=CNC1C. The van der Waals surface area contributed by atoms with Gasteiger partial charge in [0.05, 0.1) is 0 Å². The molecule has 1 heteroatoms. The maximum absolute atomic E-state index is 3.85. The first-order valence-electron chi connectivity index (χ1n) is 6.06. The second-order valence-corrected chi connectivity index (χ2v) is 4.47. The van der Waals surface area contributed by atoms with E-state index in [1.54, 1.807) is 0 Å². The second-order valence-electron chi connectivity index (χ2n) is 4.47. The third kappa shape index (κ3) is 2.33. The first-order valence-corrected chi connectivity index (χ1v) is 6.06. The maximum Gasteiger partial charge on any atom is 0.0452 e. The van der Waals surface area contributed by atoms with Crippen LogP contribution in [0.1, 0.15) is 24.5 Å². The van der Waals surface area contributed by atoms with E-state index in [9.17, 15) is 0 Å². The Kier molecular flexibility index (Phi) is 3.48. The maximum atomic E-state index is 3.85. The third-order valence-electron chi connectivity index (χ3n) is 3.26. The fraction of sp³-hybridized carbons (Fsp3) is 0.250. The fourth-order valence-electron chi connectivity index (χ4n) is 2.30. The molecule has 1 N–H and O–H groups in total. The summed E-state index contributed by atoms with van der Waals surface area (Å²) in [5.41, 5.74) is 5.41. The molecule has 88 valence electrons. The van der Waals surface area contributed by atoms with Crippen LogP contribution in [0.25, 0.3) is 5.57 Å². The van der Waals surface area contributed by atoms with Crippen molar-refractivity contribution in [2.75, 3.05) is 0 Å². The van der Waals surface area contributed by atoms with Gasteiger partial charge in [-0.2, -0.15) is 0 Å². The zero-order chi connectivity index (χ0) is 12.3. The molecule has 0 bridgehead atoms. The Hall–Kier alpha value is -1.76. The van der Waals surface area contributed by atoms with E-state index in [1.807, 2.05) is 12.3 Å². The Morgan fingerprint density at radius 3 is 2.82 bits per heavy atom. The summed E-state index contributed by atoms with van der Waals surface area (Å²) in [4.78, 5) is 0. The van der Waals surface area contributed by atoms with E-state index in [0.29, 0.717) is 6.04 Å². The van der Waals surface area contributed by atoms with Gasteiger partial charge in [0.2, 0.25) is 0 Å². The lowest BCUT2D eigenvalue weighted by Gasteiger charge is -2.24. The molecule has 0 spiro atoms. The molecule has 0 aromatic heterocycles. The van der Waals surface area contributed by atoms with Gasteiger partial charge in [-0.05, 0) is 54.8 Å². The van der Waals surface area contributed by atoms with E-state index in [-0.39, 0.29) is 0 Å². The summed E-state index contributed by atoms with van der Waals surface area (Å²) < 4.78 is 0. The Bertz CT molecular complexity index is 480. The highest BCUT2D eigenvalue weighted by Gasteiger charge is 2.16. The number of hydrogen-bond donors (Lipinski definition) is 1. The van der Waals surface area contributed by atoms with Gasteiger partial charge in [0.1, 0.15) is 0 Å². The van der Waals surface area contributed by atoms with Gasteiger partial charge in [-0.25, -0.2) is 0 Å². The molecule has 0 aliphatic carbocycles. The third-order valence-corrected chi connectivity index (χ3v) is 3.26. The van der Waals surface area contributed by atoms with Crippen LogP contribution >= 0.6 is 0 Å². The predicted octanol–water partition coefficient (Wildman–Crippen LogP) is 3.83. The predicted molar refractivity (Wildman–Crippen MR) is 74.7 cm³/mol. The van der Waals surface area contributed by atoms with Gasteiger partial charge in [-0.1, -0.05) is 30.3 Å². The monoisotopic (exact) mass is 225 g/mol. The molecule has 17 heavy (non-hydrogen) atoms. The van der Waals surface area contributed by atoms with E-state index in [4.69, 9.17) is 0 Å². The molecule has 0 saturated heterocycles. The minimum absolute atomic E-state index is 0.382. The molecule has 1 aromatic carbocycles. The van der Waals surface area contributed by atoms with E-state index in [0.717, 1.165) is 6.42 Å². The topological polar surface area (TPSA) is 12.0 Å². The summed E-state index contributed by atoms with van der Waals surface area (Å²) in [7, 11) is 0. The quantitative estimate of drug-likeness (QED) is 0.771. The van der Waals surface area contributed by atoms with Gasteiger partial charge in [0.25, 0.3) is 0 Å². The van der Waals surface area contributed by atoms with Crippen LogP contribution in [0.15, 0.2) is 54.8 Å². The largest absolute Gasteiger partial charge is 0.385 e. The first kappa shape index (κ1) is 11.7. The summed E-state index contributed by atoms with van der Waals surface area (Å²) in [6.07, 6.45) is 7.12. The van der Waals surface area contributed by atoms with E-state index < -0.39 is 0 Å². The molecular weight excluding hydrogens is 206 g/mol. The number of dihydropyridines is 1. The highest BCUT2D eigenvalue weighted by atomic mass is 14.9. The highest BCUT2D eigenvalue weighted by Crippen LogP contribution is 2.29. The lowest BCUT2D eigenvalue weighted by Crippen LogP contribution is -2.26. The number of nitrogens with one attached hydrogen (secondary N) is 1. The Morgan fingerprint density at radius 1 is 1.35 bits per heavy atom. The van der Waals surface area contributed by atoms with Crippen molar-refractivity contribution in [3.8, 4) is 0 Å². The minimum atomic E-state index is 0.382. The van der Waals surface area contributed by atoms with Crippen LogP contribution in [-0.2, 0) is 0 Å². The van der Waals surface area contributed by atoms with E-state index in [2.05, 4.69) is 56.1 Å². The molecule has 0 amide bonds. The van der Waals surface area contributed by atoms with Crippen molar-refractivity contribution < 1.29 is 0 Å². The number of benzene rings is 1. The molecule has 1 aliphatic rings. The van der Waals surface area contributed by atoms with Crippen molar-refractivity contribution in [2.24, 2.45) is 0 Å². The second kappa shape index (κ2) is 5.05. The summed E-state index contributed by atoms with van der Waals surface area (Å²) in [6.45, 7) is 8.21. The molecular formula is C16H19N. The molecule has 1 aromatic rings. The Morgan fingerprint density at radius 2 is 2.12 bits per heavy atom. The average Bonchev–Trinajstić information content (AvgIpc) is 2.33. The molecule has 1 aliphatic heterocycles. The van der Waals surface area contributed by atoms with Crippen molar-refractivity contribution in [3.05, 3.63) is 65.9 Å². The molecule has 0 saturated carbocycles. The molecule has 1 unspecified atom stereocenters. The Labute approximate surface area is 104 Å². The molecule has 2 rings (SSSR count). The smallest absolute Gasteiger partial charge is 0.0452 e. The van der Waals surface area contributed by atoms with Gasteiger partial charge in [-0.3, -0.25) is 0 Å². The van der Waals surface area contributed by atoms with Crippen LogP contribution in [0, 0.1) is 6.92 Å². The van der Waals surface area contributed by atoms with Crippen LogP contribution < -0.4 is 5.32 Å². The minimum Gasteiger partial charge on any atom is -0.385 e. The van der Waals surface area contributed by atoms with Crippen LogP contribution in [0.4, 0.5) is 0 Å². The number of aryl methyl sites for hydroxylation is 1. The van der Waals surface area contributed by atoms with Gasteiger partial charge in [-0.15, -0.1) is 6.58 Å². The molecule has 1 nitrogen and oxygen atoms in total. The van der Waals surface area contributed by atoms with Crippen molar-refractivity contribution in [1.82, 2.24) is 5.32 Å². The summed E-state index contributed by atoms with van der Waals surface area (Å²) in [5, 5.41) is 3.35. The first-order chi connectivity index (χ1) is 8.24. The molecule has 0 fully saturated rings. The number of hydrogen-bond acceptors (Lipinski definition) is 1. The lowest BCUT2D eigenvalue weighted by molar-refractivity contribution is 0.707. The van der Waals surface area contributed by atoms with Crippen LogP contribution in [0.2, 0.25) is 0 Å². The number of rotatable bonds is 3. The van der Waals surface area contributed by atoms with Gasteiger partial charge >= 0.3 is 0 Å². The zero-order valence-corrected chi connectivity index (χ0v) is 10.5. The van der Waals surface area contributed by atoms with Crippen molar-refractivity contribution in [2.45, 2.75) is 26.3 Å². The van der Waals surface area contributed by atoms with E-state index >= 15 is 0 Å². The van der Waals surface area contributed by atoms with E-state index in [1.165, 1.54) is 22.3 Å². The fourth-order valence-corrected chi connectivity index (χ4v) is 2.30. The molecule has 1 heterocycles. The lowest BCUT2D eigenvalue weighted by atomic mass is 9.89. The summed E-state index contributed by atoms with van der Waals surface area (Å²) in [5.74, 6) is 0. The summed E-state index contributed by atoms with van der Waals surface area (Å²) >= 11 is 0. The van der Waals surface area contributed by atoms with Crippen molar-refractivity contribution in [3.63, 3.8) is 0 Å². The van der Waals surface area contributed by atoms with Gasteiger partial charge < -0.3 is 5.32 Å². The van der Waals surface area contributed by atoms with Crippen molar-refractivity contribution in [1.29, 1.82) is 0 Å². The molecule has 1 atom stereocenters. The normalized spacial score (nSPS) is 19.1. The Balaban J connectivity index is 2.53. The van der Waals surface area contributed by atoms with Gasteiger partial charge in [0.15, 0.2) is 0 Å². The summed E-state index contributed by atoms with van der Waals surface area (Å²) in [6, 6.07) is 8.92. The van der Waals surface area contributed by atoms with Crippen LogP contribution in [0.5, 0.6) is 0 Å². The zero-order valence-electron chi connectivity index (χ0n) is 10.5. The number of allylic oxidation sites excluding steroid dienone is 3. The van der Waals surface area contributed by atoms with Crippen LogP contribution in [-0.4, -0.2) is 6.04 Å². The molecule has 0 radical (unpaired) electrons. The standard InChI is InChI=1S/C16H19N/c1-4-7-15-13(3)17-11-10-16(15)14-9-6-5-8-12(14)2/h4-6,8-11,13,17H,1,7H2,2-3H3. The average molecular weight is 225 g/mol.